The zero-order chi connectivity index (χ0) is 17.6. The van der Waals surface area contributed by atoms with E-state index in [1.165, 1.54) is 44.1 Å². The van der Waals surface area contributed by atoms with Gasteiger partial charge in [0.15, 0.2) is 0 Å². The molecule has 4 nitrogen and oxygen atoms in total. The number of nitrogens with one attached hydrogen (secondary N) is 1. The highest BCUT2D eigenvalue weighted by Crippen LogP contribution is 2.41. The van der Waals surface area contributed by atoms with Crippen molar-refractivity contribution >= 4 is 5.97 Å². The Hall–Kier alpha value is -1.39. The molecule has 0 saturated carbocycles. The predicted octanol–water partition coefficient (Wildman–Crippen LogP) is 4.03. The Morgan fingerprint density at radius 2 is 1.92 bits per heavy atom. The Bertz CT molecular complexity index is 557. The van der Waals surface area contributed by atoms with Crippen molar-refractivity contribution in [3.8, 4) is 0 Å². The van der Waals surface area contributed by atoms with E-state index in [9.17, 15) is 4.79 Å². The number of fused-ring (bicyclic) bond motifs is 2. The lowest BCUT2D eigenvalue weighted by molar-refractivity contribution is 0.0697. The molecule has 0 spiro atoms. The van der Waals surface area contributed by atoms with Crippen LogP contribution >= 0.6 is 0 Å². The van der Waals surface area contributed by atoms with Crippen LogP contribution in [0.3, 0.4) is 0 Å². The van der Waals surface area contributed by atoms with Crippen molar-refractivity contribution in [2.24, 2.45) is 5.92 Å². The second-order valence-corrected chi connectivity index (χ2v) is 7.54. The number of carboxylic acid groups (broad SMARTS) is 1. The van der Waals surface area contributed by atoms with Gasteiger partial charge in [0.2, 0.25) is 0 Å². The van der Waals surface area contributed by atoms with E-state index in [1.807, 2.05) is 12.1 Å². The maximum atomic E-state index is 11.0. The molecule has 2 aliphatic rings. The van der Waals surface area contributed by atoms with Gasteiger partial charge >= 0.3 is 5.97 Å². The van der Waals surface area contributed by atoms with Crippen molar-refractivity contribution in [3.63, 3.8) is 0 Å². The minimum atomic E-state index is -0.861. The van der Waals surface area contributed by atoms with E-state index >= 15 is 0 Å². The van der Waals surface area contributed by atoms with Crippen LogP contribution < -0.4 is 5.32 Å². The summed E-state index contributed by atoms with van der Waals surface area (Å²) >= 11 is 0. The van der Waals surface area contributed by atoms with Crippen molar-refractivity contribution in [1.82, 2.24) is 5.32 Å². The van der Waals surface area contributed by atoms with Gasteiger partial charge in [-0.15, -0.1) is 0 Å². The zero-order valence-electron chi connectivity index (χ0n) is 15.2. The van der Waals surface area contributed by atoms with Gasteiger partial charge in [0.1, 0.15) is 0 Å². The SMILES string of the molecule is CCCCCCN[C@H]1[C@H](CCc2ccc(C(=O)O)cc2)[C@@H]2CC[C@H]1O2. The standard InChI is InChI=1S/C21H31NO3/c1-2-3-4-5-14-22-20-17(18-12-13-19(20)25-18)11-8-15-6-9-16(10-7-15)21(23)24/h6-7,9-10,17-20,22H,2-5,8,11-14H2,1H3,(H,23,24)/t17-,18+,19-,20+/m1/s1. The summed E-state index contributed by atoms with van der Waals surface area (Å²) in [5, 5.41) is 12.8. The average Bonchev–Trinajstić information content (AvgIpc) is 3.22. The third kappa shape index (κ3) is 4.62. The molecule has 0 aliphatic carbocycles. The third-order valence-corrected chi connectivity index (χ3v) is 5.80. The van der Waals surface area contributed by atoms with E-state index in [4.69, 9.17) is 9.84 Å². The van der Waals surface area contributed by atoms with Crippen LogP contribution in [0.4, 0.5) is 0 Å². The summed E-state index contributed by atoms with van der Waals surface area (Å²) in [7, 11) is 0. The average molecular weight is 345 g/mol. The summed E-state index contributed by atoms with van der Waals surface area (Å²) in [4.78, 5) is 11.0. The van der Waals surface area contributed by atoms with Crippen LogP contribution in [0.2, 0.25) is 0 Å². The Morgan fingerprint density at radius 1 is 1.16 bits per heavy atom. The molecule has 0 aromatic heterocycles. The molecule has 0 unspecified atom stereocenters. The molecule has 3 rings (SSSR count). The predicted molar refractivity (Wildman–Crippen MR) is 99.0 cm³/mol. The zero-order valence-corrected chi connectivity index (χ0v) is 15.2. The summed E-state index contributed by atoms with van der Waals surface area (Å²) < 4.78 is 6.17. The highest BCUT2D eigenvalue weighted by molar-refractivity contribution is 5.87. The highest BCUT2D eigenvalue weighted by atomic mass is 16.5. The molecule has 4 heteroatoms. The Balaban J connectivity index is 1.50. The first kappa shape index (κ1) is 18.4. The summed E-state index contributed by atoms with van der Waals surface area (Å²) in [5.41, 5.74) is 1.58. The molecule has 2 heterocycles. The van der Waals surface area contributed by atoms with Crippen molar-refractivity contribution in [2.45, 2.75) is 76.5 Å². The monoisotopic (exact) mass is 345 g/mol. The Morgan fingerprint density at radius 3 is 2.64 bits per heavy atom. The number of hydrogen-bond acceptors (Lipinski definition) is 3. The number of unbranched alkanes of at least 4 members (excludes halogenated alkanes) is 3. The molecule has 25 heavy (non-hydrogen) atoms. The molecule has 0 amide bonds. The number of aryl methyl sites for hydroxylation is 1. The van der Waals surface area contributed by atoms with Crippen molar-refractivity contribution in [1.29, 1.82) is 0 Å². The molecule has 2 bridgehead atoms. The van der Waals surface area contributed by atoms with Gasteiger partial charge in [0.25, 0.3) is 0 Å². The maximum absolute atomic E-state index is 11.0. The summed E-state index contributed by atoms with van der Waals surface area (Å²) in [5.74, 6) is -0.274. The van der Waals surface area contributed by atoms with E-state index in [1.54, 1.807) is 12.1 Å². The lowest BCUT2D eigenvalue weighted by Gasteiger charge is -2.29. The number of hydrogen-bond donors (Lipinski definition) is 2. The summed E-state index contributed by atoms with van der Waals surface area (Å²) in [6, 6.07) is 7.81. The molecular formula is C21H31NO3. The molecule has 1 aromatic rings. The van der Waals surface area contributed by atoms with E-state index in [0.29, 0.717) is 29.7 Å². The lowest BCUT2D eigenvalue weighted by Crippen LogP contribution is -2.44. The lowest BCUT2D eigenvalue weighted by atomic mass is 9.81. The van der Waals surface area contributed by atoms with Gasteiger partial charge in [-0.05, 0) is 56.3 Å². The molecule has 0 radical (unpaired) electrons. The van der Waals surface area contributed by atoms with Crippen LogP contribution in [0.25, 0.3) is 0 Å². The molecule has 2 aliphatic heterocycles. The number of rotatable bonds is 10. The smallest absolute Gasteiger partial charge is 0.335 e. The molecule has 1 aromatic carbocycles. The first-order valence-corrected chi connectivity index (χ1v) is 9.90. The number of aromatic carboxylic acids is 1. The largest absolute Gasteiger partial charge is 0.478 e. The second-order valence-electron chi connectivity index (χ2n) is 7.54. The molecule has 138 valence electrons. The van der Waals surface area contributed by atoms with Gasteiger partial charge in [0, 0.05) is 12.0 Å². The first-order chi connectivity index (χ1) is 12.2. The molecule has 2 saturated heterocycles. The van der Waals surface area contributed by atoms with E-state index < -0.39 is 5.97 Å². The second kappa shape index (κ2) is 8.81. The van der Waals surface area contributed by atoms with E-state index in [0.717, 1.165) is 19.4 Å². The van der Waals surface area contributed by atoms with Crippen molar-refractivity contribution in [2.75, 3.05) is 6.54 Å². The van der Waals surface area contributed by atoms with Gasteiger partial charge in [-0.3, -0.25) is 0 Å². The van der Waals surface area contributed by atoms with Crippen molar-refractivity contribution in [3.05, 3.63) is 35.4 Å². The van der Waals surface area contributed by atoms with Crippen LogP contribution in [-0.2, 0) is 11.2 Å². The number of carboxylic acids is 1. The number of carbonyl (C=O) groups is 1. The molecule has 2 fully saturated rings. The van der Waals surface area contributed by atoms with Crippen LogP contribution in [0.15, 0.2) is 24.3 Å². The van der Waals surface area contributed by atoms with Crippen LogP contribution in [0.1, 0.15) is 67.8 Å². The topological polar surface area (TPSA) is 58.6 Å². The highest BCUT2D eigenvalue weighted by Gasteiger charge is 2.47. The minimum absolute atomic E-state index is 0.360. The van der Waals surface area contributed by atoms with Crippen LogP contribution in [-0.4, -0.2) is 35.9 Å². The number of ether oxygens (including phenoxy) is 1. The molecular weight excluding hydrogens is 314 g/mol. The van der Waals surface area contributed by atoms with Gasteiger partial charge < -0.3 is 15.2 Å². The maximum Gasteiger partial charge on any atom is 0.335 e. The van der Waals surface area contributed by atoms with Gasteiger partial charge in [-0.25, -0.2) is 4.79 Å². The van der Waals surface area contributed by atoms with Crippen molar-refractivity contribution < 1.29 is 14.6 Å². The fourth-order valence-electron chi connectivity index (χ4n) is 4.39. The quantitative estimate of drug-likeness (QED) is 0.629. The minimum Gasteiger partial charge on any atom is -0.478 e. The van der Waals surface area contributed by atoms with E-state index in [2.05, 4.69) is 12.2 Å². The van der Waals surface area contributed by atoms with Gasteiger partial charge in [-0.1, -0.05) is 38.3 Å². The summed E-state index contributed by atoms with van der Waals surface area (Å²) in [6.07, 6.45) is 10.5. The van der Waals surface area contributed by atoms with Crippen LogP contribution in [0.5, 0.6) is 0 Å². The van der Waals surface area contributed by atoms with Crippen LogP contribution in [0, 0.1) is 5.92 Å². The molecule has 2 N–H and O–H groups in total. The Labute approximate surface area is 151 Å². The fourth-order valence-corrected chi connectivity index (χ4v) is 4.39. The van der Waals surface area contributed by atoms with E-state index in [-0.39, 0.29) is 0 Å². The third-order valence-electron chi connectivity index (χ3n) is 5.80. The van der Waals surface area contributed by atoms with Gasteiger partial charge in [-0.2, -0.15) is 0 Å². The fraction of sp³-hybridized carbons (Fsp3) is 0.667. The Kier molecular flexibility index (Phi) is 6.49. The molecule has 4 atom stereocenters. The first-order valence-electron chi connectivity index (χ1n) is 9.90. The van der Waals surface area contributed by atoms with Gasteiger partial charge in [0.05, 0.1) is 17.8 Å². The normalized spacial score (nSPS) is 27.7. The summed E-state index contributed by atoms with van der Waals surface area (Å²) in [6.45, 7) is 3.34. The number of benzene rings is 1.